The standard InChI is InChI=1S/C11H3N3O8S/c15-9-3-1-6(14(21)22)23-11(3)7-4(12(17)18)2-5(13(19)20)10(16)8(7)9/h1-2,5H. The van der Waals surface area contributed by atoms with Gasteiger partial charge >= 0.3 is 5.00 Å². The average Bonchev–Trinajstić information content (AvgIpc) is 2.99. The van der Waals surface area contributed by atoms with Gasteiger partial charge in [-0.25, -0.2) is 0 Å². The fourth-order valence-electron chi connectivity index (χ4n) is 2.43. The molecule has 23 heavy (non-hydrogen) atoms. The predicted molar refractivity (Wildman–Crippen MR) is 73.1 cm³/mol. The third-order valence-corrected chi connectivity index (χ3v) is 4.46. The third-order valence-electron chi connectivity index (χ3n) is 3.36. The summed E-state index contributed by atoms with van der Waals surface area (Å²) in [5.74, 6) is -2.13. The molecule has 1 atom stereocenters. The van der Waals surface area contributed by atoms with Gasteiger partial charge in [0.2, 0.25) is 5.78 Å². The van der Waals surface area contributed by atoms with Crippen LogP contribution in [-0.2, 0) is 4.79 Å². The molecule has 1 aromatic heterocycles. The van der Waals surface area contributed by atoms with Gasteiger partial charge < -0.3 is 0 Å². The van der Waals surface area contributed by atoms with Crippen molar-refractivity contribution in [3.8, 4) is 0 Å². The van der Waals surface area contributed by atoms with Gasteiger partial charge in [-0.05, 0) is 0 Å². The lowest BCUT2D eigenvalue weighted by molar-refractivity contribution is -0.497. The van der Waals surface area contributed by atoms with E-state index in [0.29, 0.717) is 17.4 Å². The van der Waals surface area contributed by atoms with Gasteiger partial charge in [-0.15, -0.1) is 0 Å². The third kappa shape index (κ3) is 1.88. The monoisotopic (exact) mass is 337 g/mol. The first-order chi connectivity index (χ1) is 10.7. The Kier molecular flexibility index (Phi) is 2.93. The van der Waals surface area contributed by atoms with Crippen LogP contribution < -0.4 is 0 Å². The maximum absolute atomic E-state index is 12.2. The zero-order chi connectivity index (χ0) is 17.0. The van der Waals surface area contributed by atoms with Crippen LogP contribution >= 0.6 is 11.3 Å². The fraction of sp³-hybridized carbons (Fsp3) is 0.0909. The van der Waals surface area contributed by atoms with E-state index in [1.807, 2.05) is 0 Å². The molecule has 12 heteroatoms. The lowest BCUT2D eigenvalue weighted by Crippen LogP contribution is -2.34. The summed E-state index contributed by atoms with van der Waals surface area (Å²) in [7, 11) is 0. The Morgan fingerprint density at radius 3 is 2.17 bits per heavy atom. The van der Waals surface area contributed by atoms with Crippen molar-refractivity contribution in [1.29, 1.82) is 0 Å². The largest absolute Gasteiger partial charge is 0.325 e. The molecule has 0 amide bonds. The van der Waals surface area contributed by atoms with Crippen molar-refractivity contribution < 1.29 is 24.4 Å². The number of fused-ring (bicyclic) bond motifs is 2. The average molecular weight is 337 g/mol. The minimum Gasteiger partial charge on any atom is -0.288 e. The van der Waals surface area contributed by atoms with E-state index in [4.69, 9.17) is 0 Å². The van der Waals surface area contributed by atoms with Crippen LogP contribution in [-0.4, -0.2) is 32.4 Å². The van der Waals surface area contributed by atoms with Crippen molar-refractivity contribution in [3.63, 3.8) is 0 Å². The molecule has 1 unspecified atom stereocenters. The summed E-state index contributed by atoms with van der Waals surface area (Å²) >= 11 is 0.507. The molecule has 1 aromatic rings. The molecule has 0 spiro atoms. The molecule has 0 aromatic carbocycles. The summed E-state index contributed by atoms with van der Waals surface area (Å²) in [4.78, 5) is 54.3. The highest BCUT2D eigenvalue weighted by Gasteiger charge is 2.50. The van der Waals surface area contributed by atoms with Gasteiger partial charge in [-0.3, -0.25) is 39.9 Å². The SMILES string of the molecule is O=C1C2=C(C([N+](=O)[O-])=CC([N+](=O)[O-])C2=O)c2sc([N+](=O)[O-])cc21. The molecule has 2 aliphatic carbocycles. The highest BCUT2D eigenvalue weighted by Crippen LogP contribution is 2.47. The molecule has 0 N–H and O–H groups in total. The Labute approximate surface area is 129 Å². The quantitative estimate of drug-likeness (QED) is 0.447. The summed E-state index contributed by atoms with van der Waals surface area (Å²) < 4.78 is 0. The second-order valence-corrected chi connectivity index (χ2v) is 5.60. The van der Waals surface area contributed by atoms with Gasteiger partial charge in [-0.2, -0.15) is 0 Å². The van der Waals surface area contributed by atoms with Gasteiger partial charge in [-0.1, -0.05) is 11.3 Å². The zero-order valence-corrected chi connectivity index (χ0v) is 11.6. The topological polar surface area (TPSA) is 164 Å². The van der Waals surface area contributed by atoms with Gasteiger partial charge in [0.05, 0.1) is 31.9 Å². The number of allylic oxidation sites excluding steroid dienone is 1. The molecule has 0 saturated carbocycles. The zero-order valence-electron chi connectivity index (χ0n) is 10.7. The molecule has 0 radical (unpaired) electrons. The van der Waals surface area contributed by atoms with E-state index >= 15 is 0 Å². The molecule has 11 nitrogen and oxygen atoms in total. The molecular weight excluding hydrogens is 334 g/mol. The molecule has 1 heterocycles. The van der Waals surface area contributed by atoms with Crippen molar-refractivity contribution in [1.82, 2.24) is 0 Å². The lowest BCUT2D eigenvalue weighted by Gasteiger charge is -2.11. The van der Waals surface area contributed by atoms with Gasteiger partial charge in [0.1, 0.15) is 0 Å². The summed E-state index contributed by atoms with van der Waals surface area (Å²) in [5, 5.41) is 32.4. The van der Waals surface area contributed by atoms with E-state index in [-0.39, 0.29) is 16.0 Å². The lowest BCUT2D eigenvalue weighted by atomic mass is 9.92. The Balaban J connectivity index is 2.27. The number of nitro groups is 3. The van der Waals surface area contributed by atoms with Crippen molar-refractivity contribution in [3.05, 3.63) is 64.2 Å². The van der Waals surface area contributed by atoms with E-state index in [2.05, 4.69) is 0 Å². The second-order valence-electron chi connectivity index (χ2n) is 4.57. The maximum atomic E-state index is 12.2. The summed E-state index contributed by atoms with van der Waals surface area (Å²) in [6.45, 7) is 0. The van der Waals surface area contributed by atoms with Crippen molar-refractivity contribution in [2.45, 2.75) is 6.04 Å². The second kappa shape index (κ2) is 4.61. The highest BCUT2D eigenvalue weighted by molar-refractivity contribution is 7.17. The molecule has 2 aliphatic rings. The normalized spacial score (nSPS) is 19.3. The number of nitrogens with zero attached hydrogens (tertiary/aromatic N) is 3. The van der Waals surface area contributed by atoms with Crippen LogP contribution in [0, 0.1) is 30.3 Å². The first kappa shape index (κ1) is 14.6. The first-order valence-corrected chi connectivity index (χ1v) is 6.67. The molecule has 3 rings (SSSR count). The number of hydrogen-bond acceptors (Lipinski definition) is 9. The number of rotatable bonds is 3. The minimum absolute atomic E-state index is 0.0882. The molecule has 0 bridgehead atoms. The number of thiophene rings is 1. The number of carbonyl (C=O) groups excluding carboxylic acids is 2. The van der Waals surface area contributed by atoms with Crippen molar-refractivity contribution in [2.75, 3.05) is 0 Å². The maximum Gasteiger partial charge on any atom is 0.325 e. The molecular formula is C11H3N3O8S. The smallest absolute Gasteiger partial charge is 0.288 e. The van der Waals surface area contributed by atoms with Crippen LogP contribution in [0.25, 0.3) is 5.57 Å². The molecule has 0 fully saturated rings. The Morgan fingerprint density at radius 2 is 1.65 bits per heavy atom. The highest BCUT2D eigenvalue weighted by atomic mass is 32.1. The van der Waals surface area contributed by atoms with Crippen molar-refractivity contribution >= 4 is 33.5 Å². The van der Waals surface area contributed by atoms with Crippen LogP contribution in [0.5, 0.6) is 0 Å². The first-order valence-electron chi connectivity index (χ1n) is 5.86. The number of hydrogen-bond donors (Lipinski definition) is 0. The molecule has 116 valence electrons. The van der Waals surface area contributed by atoms with Gasteiger partial charge in [0.25, 0.3) is 11.7 Å². The minimum atomic E-state index is -2.03. The molecule has 0 saturated heterocycles. The Morgan fingerprint density at radius 1 is 1.00 bits per heavy atom. The predicted octanol–water partition coefficient (Wildman–Crippen LogP) is 0.995. The molecule has 0 aliphatic heterocycles. The summed E-state index contributed by atoms with van der Waals surface area (Å²) in [6.07, 6.45) is 0.551. The van der Waals surface area contributed by atoms with E-state index in [1.165, 1.54) is 0 Å². The summed E-state index contributed by atoms with van der Waals surface area (Å²) in [5.41, 5.74) is -2.03. The van der Waals surface area contributed by atoms with Crippen LogP contribution in [0.4, 0.5) is 5.00 Å². The Hall–Kier alpha value is -3.28. The van der Waals surface area contributed by atoms with Crippen LogP contribution in [0.15, 0.2) is 23.4 Å². The van der Waals surface area contributed by atoms with Gasteiger partial charge in [0, 0.05) is 16.6 Å². The van der Waals surface area contributed by atoms with E-state index in [1.54, 1.807) is 0 Å². The van der Waals surface area contributed by atoms with Gasteiger partial charge in [0.15, 0.2) is 5.78 Å². The number of carbonyl (C=O) groups is 2. The Bertz CT molecular complexity index is 908. The number of Topliss-reactive ketones (excluding diaryl/α,β-unsaturated/α-hetero) is 2. The number of ketones is 2. The van der Waals surface area contributed by atoms with Crippen LogP contribution in [0.3, 0.4) is 0 Å². The van der Waals surface area contributed by atoms with Crippen molar-refractivity contribution in [2.24, 2.45) is 0 Å². The summed E-state index contributed by atoms with van der Waals surface area (Å²) in [6, 6.07) is -1.12. The van der Waals surface area contributed by atoms with E-state index < -0.39 is 48.6 Å². The van der Waals surface area contributed by atoms with E-state index in [0.717, 1.165) is 6.07 Å². The fourth-order valence-corrected chi connectivity index (χ4v) is 3.46. The van der Waals surface area contributed by atoms with Crippen LogP contribution in [0.2, 0.25) is 0 Å². The van der Waals surface area contributed by atoms with Crippen LogP contribution in [0.1, 0.15) is 15.2 Å². The van der Waals surface area contributed by atoms with E-state index in [9.17, 15) is 39.9 Å².